The van der Waals surface area contributed by atoms with Crippen LogP contribution >= 0.6 is 11.6 Å². The molecule has 1 aliphatic heterocycles. The third kappa shape index (κ3) is 7.43. The van der Waals surface area contributed by atoms with Crippen LogP contribution in [0.5, 0.6) is 5.75 Å². The Kier molecular flexibility index (Phi) is 10.3. The lowest BCUT2D eigenvalue weighted by molar-refractivity contribution is -0.163. The van der Waals surface area contributed by atoms with E-state index >= 15 is 8.78 Å². The fraction of sp³-hybridized carbons (Fsp3) is 0.432. The van der Waals surface area contributed by atoms with Gasteiger partial charge in [-0.15, -0.1) is 0 Å². The van der Waals surface area contributed by atoms with Gasteiger partial charge < -0.3 is 15.0 Å². The second kappa shape index (κ2) is 13.5. The molecule has 46 heavy (non-hydrogen) atoms. The number of alkyl halides is 2. The van der Waals surface area contributed by atoms with Gasteiger partial charge in [0.25, 0.3) is 5.92 Å². The Balaban J connectivity index is 1.66. The highest BCUT2D eigenvalue weighted by atomic mass is 35.5. The first-order valence-corrected chi connectivity index (χ1v) is 16.0. The van der Waals surface area contributed by atoms with Crippen LogP contribution in [-0.4, -0.2) is 41.6 Å². The van der Waals surface area contributed by atoms with Crippen LogP contribution in [0.25, 0.3) is 5.70 Å². The largest absolute Gasteiger partial charge is 0.493 e. The van der Waals surface area contributed by atoms with Crippen LogP contribution in [0.4, 0.5) is 8.78 Å². The molecule has 1 heterocycles. The number of amides is 2. The van der Waals surface area contributed by atoms with Gasteiger partial charge in [-0.05, 0) is 86.2 Å². The number of benzene rings is 2. The lowest BCUT2D eigenvalue weighted by Gasteiger charge is -2.38. The summed E-state index contributed by atoms with van der Waals surface area (Å²) in [5, 5.41) is 3.27. The minimum Gasteiger partial charge on any atom is -0.493 e. The lowest BCUT2D eigenvalue weighted by atomic mass is 9.76. The van der Waals surface area contributed by atoms with Gasteiger partial charge in [0.05, 0.1) is 23.2 Å². The zero-order valence-corrected chi connectivity index (χ0v) is 28.3. The van der Waals surface area contributed by atoms with Gasteiger partial charge in [-0.1, -0.05) is 64.1 Å². The third-order valence-electron chi connectivity index (χ3n) is 8.65. The molecule has 0 radical (unpaired) electrons. The van der Waals surface area contributed by atoms with E-state index in [0.717, 1.165) is 11.3 Å². The van der Waals surface area contributed by atoms with E-state index in [1.165, 1.54) is 11.8 Å². The Hall–Kier alpha value is -3.78. The molecule has 9 heteroatoms. The lowest BCUT2D eigenvalue weighted by Crippen LogP contribution is -2.52. The zero-order chi connectivity index (χ0) is 34.0. The molecule has 0 spiro atoms. The zero-order valence-electron chi connectivity index (χ0n) is 27.6. The third-order valence-corrected chi connectivity index (χ3v) is 8.98. The van der Waals surface area contributed by atoms with Gasteiger partial charge in [0.15, 0.2) is 0 Å². The van der Waals surface area contributed by atoms with Gasteiger partial charge in [0.2, 0.25) is 11.8 Å². The Morgan fingerprint density at radius 3 is 2.35 bits per heavy atom. The standard InChI is InChI=1S/C37H44ClF2N3O3/c1-9-25-20-31(26-13-15-27(16-14-26)46-22-35(5,6)7)41-32(42-33(25)44)28-19-24(12-17-30(28)38)21-43(11-3)34(45)36(8,29-18-23(29)4)37(39,40)10-2/h10,12-17,19-20,25,29H,2,4,9,11,18,21-22H2,1,3,5-8H3,(H,41,42,44). The smallest absolute Gasteiger partial charge is 0.280 e. The van der Waals surface area contributed by atoms with E-state index in [-0.39, 0.29) is 30.2 Å². The molecule has 2 aromatic rings. The van der Waals surface area contributed by atoms with Crippen LogP contribution in [-0.2, 0) is 16.1 Å². The molecule has 1 N–H and O–H groups in total. The summed E-state index contributed by atoms with van der Waals surface area (Å²) in [5.74, 6) is -4.39. The van der Waals surface area contributed by atoms with Gasteiger partial charge in [-0.2, -0.15) is 0 Å². The predicted octanol–water partition coefficient (Wildman–Crippen LogP) is 8.46. The highest BCUT2D eigenvalue weighted by Gasteiger charge is 2.63. The highest BCUT2D eigenvalue weighted by Crippen LogP contribution is 2.57. The second-order valence-corrected chi connectivity index (χ2v) is 13.9. The molecule has 0 saturated heterocycles. The molecule has 1 fully saturated rings. The summed E-state index contributed by atoms with van der Waals surface area (Å²) >= 11 is 6.67. The fourth-order valence-electron chi connectivity index (χ4n) is 5.55. The maximum absolute atomic E-state index is 15.2. The highest BCUT2D eigenvalue weighted by molar-refractivity contribution is 6.34. The molecule has 246 valence electrons. The number of carbonyl (C=O) groups is 2. The number of nitrogens with one attached hydrogen (secondary N) is 1. The summed E-state index contributed by atoms with van der Waals surface area (Å²) in [7, 11) is 0. The Labute approximate surface area is 276 Å². The predicted molar refractivity (Wildman–Crippen MR) is 181 cm³/mol. The number of carbonyl (C=O) groups excluding carboxylic acids is 2. The number of allylic oxidation sites excluding steroid dienone is 2. The molecule has 1 saturated carbocycles. The summed E-state index contributed by atoms with van der Waals surface area (Å²) in [5.41, 5.74) is 1.14. The van der Waals surface area contributed by atoms with Crippen LogP contribution in [0.3, 0.4) is 0 Å². The van der Waals surface area contributed by atoms with Crippen molar-refractivity contribution >= 4 is 34.9 Å². The molecule has 1 aliphatic carbocycles. The van der Waals surface area contributed by atoms with Crippen LogP contribution in [0.1, 0.15) is 71.1 Å². The van der Waals surface area contributed by atoms with Gasteiger partial charge >= 0.3 is 0 Å². The molecule has 2 amide bonds. The molecular formula is C37H44ClF2N3O3. The monoisotopic (exact) mass is 651 g/mol. The Morgan fingerprint density at radius 1 is 1.15 bits per heavy atom. The number of nitrogens with zero attached hydrogens (tertiary/aromatic N) is 2. The van der Waals surface area contributed by atoms with Gasteiger partial charge in [-0.3, -0.25) is 9.59 Å². The summed E-state index contributed by atoms with van der Waals surface area (Å²) in [6, 6.07) is 12.7. The molecule has 3 atom stereocenters. The molecule has 2 aromatic carbocycles. The van der Waals surface area contributed by atoms with Crippen LogP contribution < -0.4 is 10.1 Å². The maximum atomic E-state index is 15.2. The molecule has 3 unspecified atom stereocenters. The maximum Gasteiger partial charge on any atom is 0.280 e. The number of rotatable bonds is 12. The van der Waals surface area contributed by atoms with Crippen LogP contribution in [0.2, 0.25) is 5.02 Å². The van der Waals surface area contributed by atoms with Crippen molar-refractivity contribution in [2.75, 3.05) is 13.2 Å². The van der Waals surface area contributed by atoms with Crippen molar-refractivity contribution in [2.45, 2.75) is 66.9 Å². The van der Waals surface area contributed by atoms with Crippen molar-refractivity contribution < 1.29 is 23.1 Å². The molecule has 2 aliphatic rings. The van der Waals surface area contributed by atoms with Gasteiger partial charge in [-0.25, -0.2) is 13.8 Å². The van der Waals surface area contributed by atoms with E-state index in [1.54, 1.807) is 25.1 Å². The quantitative estimate of drug-likeness (QED) is 0.234. The van der Waals surface area contributed by atoms with E-state index in [9.17, 15) is 9.59 Å². The first-order valence-electron chi connectivity index (χ1n) is 15.7. The topological polar surface area (TPSA) is 71.0 Å². The van der Waals surface area contributed by atoms with Crippen molar-refractivity contribution in [2.24, 2.45) is 27.7 Å². The fourth-order valence-corrected chi connectivity index (χ4v) is 5.76. The number of hydrogen-bond donors (Lipinski definition) is 1. The van der Waals surface area contributed by atoms with Gasteiger partial charge in [0, 0.05) is 30.1 Å². The summed E-state index contributed by atoms with van der Waals surface area (Å²) in [6.45, 7) is 19.3. The average Bonchev–Trinajstić information content (AvgIpc) is 3.79. The summed E-state index contributed by atoms with van der Waals surface area (Å²) in [6.07, 6.45) is 3.33. The SMILES string of the molecule is C=CC(F)(F)C(C)(C(=O)N(CC)Cc1ccc(Cl)c(C2=NC(c3ccc(OCC(C)(C)C)cc3)=CC(CC)C(=O)N2)c1)C1CC1=C. The molecule has 6 nitrogen and oxygen atoms in total. The first-order chi connectivity index (χ1) is 21.5. The Bertz CT molecular complexity index is 1580. The number of amidine groups is 1. The molecule has 0 bridgehead atoms. The second-order valence-electron chi connectivity index (χ2n) is 13.5. The van der Waals surface area contributed by atoms with E-state index in [0.29, 0.717) is 52.9 Å². The average molecular weight is 652 g/mol. The number of hydrogen-bond acceptors (Lipinski definition) is 4. The number of halogens is 3. The van der Waals surface area contributed by atoms with Crippen LogP contribution in [0, 0.1) is 22.7 Å². The molecular weight excluding hydrogens is 608 g/mol. The van der Waals surface area contributed by atoms with E-state index in [4.69, 9.17) is 21.3 Å². The normalized spacial score (nSPS) is 19.7. The summed E-state index contributed by atoms with van der Waals surface area (Å²) in [4.78, 5) is 33.3. The van der Waals surface area contributed by atoms with Crippen LogP contribution in [0.15, 0.2) is 78.3 Å². The number of ether oxygens (including phenoxy) is 1. The van der Waals surface area contributed by atoms with Crippen molar-refractivity contribution in [1.82, 2.24) is 10.2 Å². The number of aliphatic imine (C=N–C) groups is 1. The summed E-state index contributed by atoms with van der Waals surface area (Å²) < 4.78 is 36.4. The molecule has 4 rings (SSSR count). The van der Waals surface area contributed by atoms with E-state index < -0.39 is 29.1 Å². The van der Waals surface area contributed by atoms with Crippen molar-refractivity contribution in [3.63, 3.8) is 0 Å². The van der Waals surface area contributed by atoms with Crippen molar-refractivity contribution in [1.29, 1.82) is 0 Å². The minimum atomic E-state index is -3.43. The first kappa shape index (κ1) is 35.1. The van der Waals surface area contributed by atoms with Gasteiger partial charge in [0.1, 0.15) is 17.0 Å². The van der Waals surface area contributed by atoms with Crippen molar-refractivity contribution in [3.8, 4) is 5.75 Å². The van der Waals surface area contributed by atoms with Crippen molar-refractivity contribution in [3.05, 3.63) is 95.1 Å². The Morgan fingerprint density at radius 2 is 1.80 bits per heavy atom. The van der Waals surface area contributed by atoms with E-state index in [1.807, 2.05) is 37.3 Å². The molecule has 0 aromatic heterocycles. The minimum absolute atomic E-state index is 0.0139. The van der Waals surface area contributed by atoms with E-state index in [2.05, 4.69) is 39.2 Å².